The van der Waals surface area contributed by atoms with Gasteiger partial charge in [0.2, 0.25) is 0 Å². The molecule has 2 bridgehead atoms. The topological polar surface area (TPSA) is 92.1 Å². The molecule has 1 saturated heterocycles. The van der Waals surface area contributed by atoms with Gasteiger partial charge in [-0.3, -0.25) is 9.59 Å². The Labute approximate surface area is 132 Å². The molecule has 0 aromatic carbocycles. The molecule has 23 heavy (non-hydrogen) atoms. The molecule has 7 heteroatoms. The number of fused-ring (bicyclic) bond motifs is 3. The Bertz CT molecular complexity index is 796. The lowest BCUT2D eigenvalue weighted by Crippen LogP contribution is -2.42. The summed E-state index contributed by atoms with van der Waals surface area (Å²) >= 11 is 0. The molecule has 120 valence electrons. The van der Waals surface area contributed by atoms with Crippen molar-refractivity contribution in [2.24, 2.45) is 0 Å². The van der Waals surface area contributed by atoms with E-state index in [0.717, 1.165) is 24.1 Å². The van der Waals surface area contributed by atoms with Gasteiger partial charge < -0.3 is 14.3 Å². The van der Waals surface area contributed by atoms with Gasteiger partial charge >= 0.3 is 0 Å². The number of H-pyrrole nitrogens is 1. The lowest BCUT2D eigenvalue weighted by molar-refractivity contribution is 0.0667. The molecular formula is C16H18N4O3. The number of nitrogens with zero attached hydrogens (tertiary/aromatic N) is 3. The number of rotatable bonds is 2. The minimum absolute atomic E-state index is 0.0285. The molecule has 2 aromatic rings. The Morgan fingerprint density at radius 2 is 2.17 bits per heavy atom. The Morgan fingerprint density at radius 3 is 2.87 bits per heavy atom. The summed E-state index contributed by atoms with van der Waals surface area (Å²) in [5, 5.41) is 0. The highest BCUT2D eigenvalue weighted by Gasteiger charge is 2.41. The van der Waals surface area contributed by atoms with Crippen LogP contribution in [-0.4, -0.2) is 37.8 Å². The first-order valence-electron chi connectivity index (χ1n) is 7.99. The molecule has 0 aliphatic carbocycles. The predicted molar refractivity (Wildman–Crippen MR) is 81.1 cm³/mol. The first-order chi connectivity index (χ1) is 11.2. The molecule has 2 aliphatic heterocycles. The van der Waals surface area contributed by atoms with Crippen molar-refractivity contribution in [2.75, 3.05) is 0 Å². The van der Waals surface area contributed by atoms with Crippen LogP contribution >= 0.6 is 0 Å². The molecule has 4 heterocycles. The monoisotopic (exact) mass is 314 g/mol. The zero-order valence-electron chi connectivity index (χ0n) is 12.9. The molecule has 4 rings (SSSR count). The van der Waals surface area contributed by atoms with Crippen LogP contribution in [0.4, 0.5) is 0 Å². The molecule has 1 N–H and O–H groups in total. The van der Waals surface area contributed by atoms with Gasteiger partial charge in [-0.15, -0.1) is 0 Å². The van der Waals surface area contributed by atoms with Crippen molar-refractivity contribution in [2.45, 2.75) is 51.1 Å². The first-order valence-corrected chi connectivity index (χ1v) is 7.99. The Balaban J connectivity index is 1.72. The van der Waals surface area contributed by atoms with Gasteiger partial charge in [-0.1, -0.05) is 6.92 Å². The second-order valence-corrected chi connectivity index (χ2v) is 6.17. The first kappa shape index (κ1) is 14.2. The molecule has 7 nitrogen and oxygen atoms in total. The van der Waals surface area contributed by atoms with Gasteiger partial charge in [0.25, 0.3) is 11.5 Å². The van der Waals surface area contributed by atoms with E-state index < -0.39 is 0 Å². The second kappa shape index (κ2) is 5.33. The van der Waals surface area contributed by atoms with Crippen LogP contribution in [0.5, 0.6) is 0 Å². The van der Waals surface area contributed by atoms with Gasteiger partial charge in [0.15, 0.2) is 12.1 Å². The Kier molecular flexibility index (Phi) is 3.28. The maximum absolute atomic E-state index is 12.7. The average molecular weight is 314 g/mol. The van der Waals surface area contributed by atoms with E-state index in [-0.39, 0.29) is 23.6 Å². The highest BCUT2D eigenvalue weighted by molar-refractivity contribution is 5.92. The summed E-state index contributed by atoms with van der Waals surface area (Å²) in [6.45, 7) is 1.97. The normalized spacial score (nSPS) is 22.7. The van der Waals surface area contributed by atoms with Crippen molar-refractivity contribution in [3.8, 4) is 0 Å². The largest absolute Gasteiger partial charge is 0.451 e. The molecule has 0 saturated carbocycles. The maximum Gasteiger partial charge on any atom is 0.276 e. The van der Waals surface area contributed by atoms with E-state index in [1.807, 2.05) is 11.8 Å². The summed E-state index contributed by atoms with van der Waals surface area (Å²) in [4.78, 5) is 38.4. The van der Waals surface area contributed by atoms with Gasteiger partial charge in [-0.05, 0) is 12.8 Å². The fraction of sp³-hybridized carbons (Fsp3) is 0.500. The number of carbonyl (C=O) groups excluding carboxylic acids is 1. The summed E-state index contributed by atoms with van der Waals surface area (Å²) < 4.78 is 4.93. The fourth-order valence-corrected chi connectivity index (χ4v) is 3.75. The van der Waals surface area contributed by atoms with E-state index in [9.17, 15) is 9.59 Å². The lowest BCUT2D eigenvalue weighted by atomic mass is 9.98. The van der Waals surface area contributed by atoms with Crippen LogP contribution in [-0.2, 0) is 19.3 Å². The van der Waals surface area contributed by atoms with Crippen molar-refractivity contribution in [1.82, 2.24) is 19.9 Å². The van der Waals surface area contributed by atoms with Gasteiger partial charge in [-0.2, -0.15) is 0 Å². The molecule has 2 aliphatic rings. The van der Waals surface area contributed by atoms with Crippen molar-refractivity contribution < 1.29 is 9.21 Å². The number of aromatic amines is 1. The van der Waals surface area contributed by atoms with Gasteiger partial charge in [0.05, 0.1) is 5.69 Å². The zero-order chi connectivity index (χ0) is 16.0. The van der Waals surface area contributed by atoms with E-state index in [0.29, 0.717) is 30.8 Å². The average Bonchev–Trinajstić information content (AvgIpc) is 3.15. The number of aryl methyl sites for hydroxylation is 1. The van der Waals surface area contributed by atoms with Gasteiger partial charge in [0.1, 0.15) is 12.1 Å². The minimum Gasteiger partial charge on any atom is -0.451 e. The minimum atomic E-state index is -0.119. The summed E-state index contributed by atoms with van der Waals surface area (Å²) in [6.07, 6.45) is 6.36. The second-order valence-electron chi connectivity index (χ2n) is 6.17. The van der Waals surface area contributed by atoms with E-state index >= 15 is 0 Å². The number of hydrogen-bond acceptors (Lipinski definition) is 5. The highest BCUT2D eigenvalue weighted by atomic mass is 16.3. The molecule has 1 fully saturated rings. The van der Waals surface area contributed by atoms with E-state index in [2.05, 4.69) is 15.0 Å². The summed E-state index contributed by atoms with van der Waals surface area (Å²) in [5.74, 6) is 0.590. The third-order valence-electron chi connectivity index (χ3n) is 4.86. The summed E-state index contributed by atoms with van der Waals surface area (Å²) in [6, 6.07) is 0.102. The number of aromatic nitrogens is 3. The van der Waals surface area contributed by atoms with Crippen LogP contribution in [0.1, 0.15) is 47.3 Å². The molecule has 0 spiro atoms. The number of oxazole rings is 1. The molecule has 2 atom stereocenters. The van der Waals surface area contributed by atoms with Gasteiger partial charge in [0, 0.05) is 36.9 Å². The smallest absolute Gasteiger partial charge is 0.276 e. The third-order valence-corrected chi connectivity index (χ3v) is 4.86. The van der Waals surface area contributed by atoms with E-state index in [4.69, 9.17) is 4.42 Å². The molecule has 0 radical (unpaired) electrons. The van der Waals surface area contributed by atoms with E-state index in [1.165, 1.54) is 12.7 Å². The number of nitrogens with one attached hydrogen (secondary N) is 1. The van der Waals surface area contributed by atoms with Crippen LogP contribution in [0.2, 0.25) is 0 Å². The van der Waals surface area contributed by atoms with Gasteiger partial charge in [-0.25, -0.2) is 9.97 Å². The SMILES string of the molecule is CCc1nc2c(c(=O)[nH]1)C[C@H]1CC[C@@H](C2)N1C(=O)c1cocn1. The third kappa shape index (κ3) is 2.27. The Hall–Kier alpha value is -2.44. The highest BCUT2D eigenvalue weighted by Crippen LogP contribution is 2.33. The van der Waals surface area contributed by atoms with Crippen LogP contribution in [0.3, 0.4) is 0 Å². The fourth-order valence-electron chi connectivity index (χ4n) is 3.75. The lowest BCUT2D eigenvalue weighted by Gasteiger charge is -2.27. The molecule has 1 amide bonds. The van der Waals surface area contributed by atoms with Crippen LogP contribution in [0, 0.1) is 0 Å². The quantitative estimate of drug-likeness (QED) is 0.896. The van der Waals surface area contributed by atoms with Crippen LogP contribution in [0.15, 0.2) is 21.9 Å². The van der Waals surface area contributed by atoms with Crippen molar-refractivity contribution >= 4 is 5.91 Å². The van der Waals surface area contributed by atoms with Crippen molar-refractivity contribution in [3.05, 3.63) is 45.8 Å². The zero-order valence-corrected chi connectivity index (χ0v) is 12.9. The molecule has 0 unspecified atom stereocenters. The van der Waals surface area contributed by atoms with E-state index in [1.54, 1.807) is 0 Å². The van der Waals surface area contributed by atoms with Crippen LogP contribution in [0.25, 0.3) is 0 Å². The Morgan fingerprint density at radius 1 is 1.39 bits per heavy atom. The number of carbonyl (C=O) groups is 1. The molecular weight excluding hydrogens is 296 g/mol. The number of hydrogen-bond donors (Lipinski definition) is 1. The van der Waals surface area contributed by atoms with Crippen molar-refractivity contribution in [3.63, 3.8) is 0 Å². The van der Waals surface area contributed by atoms with Crippen LogP contribution < -0.4 is 5.56 Å². The van der Waals surface area contributed by atoms with Crippen molar-refractivity contribution in [1.29, 1.82) is 0 Å². The summed E-state index contributed by atoms with van der Waals surface area (Å²) in [5.41, 5.74) is 1.83. The molecule has 2 aromatic heterocycles. The predicted octanol–water partition coefficient (Wildman–Crippen LogP) is 1.09. The summed E-state index contributed by atoms with van der Waals surface area (Å²) in [7, 11) is 0. The standard InChI is InChI=1S/C16H18N4O3/c1-2-14-18-12-6-10-4-3-9(5-11(12)15(21)19-14)20(10)16(22)13-7-23-8-17-13/h7-10H,2-6H2,1H3,(H,18,19,21)/t9-,10+/m1/s1. The maximum atomic E-state index is 12.7. The number of amides is 1.